The van der Waals surface area contributed by atoms with E-state index in [2.05, 4.69) is 0 Å². The van der Waals surface area contributed by atoms with Crippen molar-refractivity contribution in [1.29, 1.82) is 0 Å². The molecule has 0 aliphatic heterocycles. The molecule has 1 aromatic heterocycles. The minimum atomic E-state index is -0.143. The molecule has 2 aromatic carbocycles. The predicted molar refractivity (Wildman–Crippen MR) is 81.3 cm³/mol. The second-order valence-corrected chi connectivity index (χ2v) is 5.46. The lowest BCUT2D eigenvalue weighted by atomic mass is 10.1. The third-order valence-electron chi connectivity index (χ3n) is 3.04. The molecule has 3 heteroatoms. The van der Waals surface area contributed by atoms with Crippen LogP contribution in [0.1, 0.15) is 15.2 Å². The smallest absolute Gasteiger partial charge is 0.206 e. The van der Waals surface area contributed by atoms with E-state index in [1.54, 1.807) is 18.2 Å². The topological polar surface area (TPSA) is 37.3 Å². The number of hydrogen-bond donors (Lipinski definition) is 1. The van der Waals surface area contributed by atoms with Gasteiger partial charge >= 0.3 is 0 Å². The Labute approximate surface area is 121 Å². The van der Waals surface area contributed by atoms with Crippen LogP contribution in [-0.4, -0.2) is 10.9 Å². The fourth-order valence-corrected chi connectivity index (χ4v) is 2.98. The number of benzene rings is 2. The molecular weight excluding hydrogens is 268 g/mol. The van der Waals surface area contributed by atoms with Crippen molar-refractivity contribution in [3.8, 4) is 16.2 Å². The average Bonchev–Trinajstić information content (AvgIpc) is 2.98. The van der Waals surface area contributed by atoms with E-state index in [-0.39, 0.29) is 11.5 Å². The van der Waals surface area contributed by atoms with E-state index in [4.69, 9.17) is 0 Å². The third kappa shape index (κ3) is 2.36. The van der Waals surface area contributed by atoms with Gasteiger partial charge in [0, 0.05) is 4.88 Å². The molecule has 98 valence electrons. The Bertz CT molecular complexity index is 744. The van der Waals surface area contributed by atoms with Crippen LogP contribution in [0.4, 0.5) is 0 Å². The van der Waals surface area contributed by atoms with Crippen molar-refractivity contribution >= 4 is 17.1 Å². The van der Waals surface area contributed by atoms with Crippen molar-refractivity contribution in [1.82, 2.24) is 0 Å². The van der Waals surface area contributed by atoms with E-state index in [9.17, 15) is 9.90 Å². The largest absolute Gasteiger partial charge is 0.507 e. The van der Waals surface area contributed by atoms with E-state index < -0.39 is 0 Å². The summed E-state index contributed by atoms with van der Waals surface area (Å²) in [6, 6.07) is 20.3. The minimum absolute atomic E-state index is 0.0205. The van der Waals surface area contributed by atoms with Gasteiger partial charge in [-0.25, -0.2) is 0 Å². The second-order valence-electron chi connectivity index (χ2n) is 4.38. The zero-order chi connectivity index (χ0) is 13.9. The fourth-order valence-electron chi connectivity index (χ4n) is 2.02. The van der Waals surface area contributed by atoms with Gasteiger partial charge in [-0.2, -0.15) is 0 Å². The van der Waals surface area contributed by atoms with Gasteiger partial charge in [0.25, 0.3) is 0 Å². The summed E-state index contributed by atoms with van der Waals surface area (Å²) in [4.78, 5) is 14.0. The van der Waals surface area contributed by atoms with Crippen molar-refractivity contribution in [3.63, 3.8) is 0 Å². The molecule has 0 fully saturated rings. The zero-order valence-electron chi connectivity index (χ0n) is 10.6. The number of para-hydroxylation sites is 1. The lowest BCUT2D eigenvalue weighted by Gasteiger charge is -2.00. The summed E-state index contributed by atoms with van der Waals surface area (Å²) in [6.45, 7) is 0. The van der Waals surface area contributed by atoms with Crippen LogP contribution in [0, 0.1) is 0 Å². The Kier molecular flexibility index (Phi) is 3.35. The highest BCUT2D eigenvalue weighted by Crippen LogP contribution is 2.30. The summed E-state index contributed by atoms with van der Waals surface area (Å²) in [7, 11) is 0. The van der Waals surface area contributed by atoms with Gasteiger partial charge in [-0.15, -0.1) is 11.3 Å². The Hall–Kier alpha value is -2.39. The number of rotatable bonds is 3. The summed E-state index contributed by atoms with van der Waals surface area (Å²) in [5, 5.41) is 9.75. The molecule has 0 spiro atoms. The van der Waals surface area contributed by atoms with Crippen molar-refractivity contribution < 1.29 is 9.90 Å². The first-order valence-electron chi connectivity index (χ1n) is 6.23. The molecule has 0 saturated carbocycles. The van der Waals surface area contributed by atoms with Crippen LogP contribution in [0.15, 0.2) is 66.7 Å². The summed E-state index contributed by atoms with van der Waals surface area (Å²) in [5.74, 6) is -0.123. The summed E-state index contributed by atoms with van der Waals surface area (Å²) in [6.07, 6.45) is 0. The molecule has 0 unspecified atom stereocenters. The van der Waals surface area contributed by atoms with Gasteiger partial charge in [-0.3, -0.25) is 4.79 Å². The molecule has 0 atom stereocenters. The standard InChI is InChI=1S/C17H12O2S/c18-14-9-5-4-8-13(14)17(19)16-11-10-15(20-16)12-6-2-1-3-7-12/h1-11,18H. The van der Waals surface area contributed by atoms with Crippen LogP contribution < -0.4 is 0 Å². The highest BCUT2D eigenvalue weighted by atomic mass is 32.1. The number of aromatic hydroxyl groups is 1. The first-order chi connectivity index (χ1) is 9.75. The van der Waals surface area contributed by atoms with E-state index in [1.807, 2.05) is 42.5 Å². The Morgan fingerprint density at radius 1 is 0.850 bits per heavy atom. The summed E-state index contributed by atoms with van der Waals surface area (Å²) in [5.41, 5.74) is 1.43. The first-order valence-corrected chi connectivity index (χ1v) is 7.05. The molecule has 2 nitrogen and oxygen atoms in total. The molecule has 0 radical (unpaired) electrons. The van der Waals surface area contributed by atoms with Gasteiger partial charge < -0.3 is 5.11 Å². The molecule has 0 bridgehead atoms. The number of carbonyl (C=O) groups is 1. The van der Waals surface area contributed by atoms with E-state index in [0.29, 0.717) is 10.4 Å². The summed E-state index contributed by atoms with van der Waals surface area (Å²) >= 11 is 1.44. The van der Waals surface area contributed by atoms with Gasteiger partial charge in [-0.1, -0.05) is 42.5 Å². The van der Waals surface area contributed by atoms with Crippen LogP contribution in [0.5, 0.6) is 5.75 Å². The SMILES string of the molecule is O=C(c1ccc(-c2ccccc2)s1)c1ccccc1O. The number of phenols is 1. The van der Waals surface area contributed by atoms with Crippen molar-refractivity contribution in [2.45, 2.75) is 0 Å². The maximum absolute atomic E-state index is 12.4. The van der Waals surface area contributed by atoms with Gasteiger partial charge in [0.05, 0.1) is 10.4 Å². The molecule has 20 heavy (non-hydrogen) atoms. The van der Waals surface area contributed by atoms with Crippen LogP contribution in [0.2, 0.25) is 0 Å². The molecule has 0 saturated heterocycles. The monoisotopic (exact) mass is 280 g/mol. The van der Waals surface area contributed by atoms with Crippen molar-refractivity contribution in [2.24, 2.45) is 0 Å². The quantitative estimate of drug-likeness (QED) is 0.724. The molecular formula is C17H12O2S. The number of phenolic OH excluding ortho intramolecular Hbond substituents is 1. The number of hydrogen-bond acceptors (Lipinski definition) is 3. The molecule has 1 N–H and O–H groups in total. The lowest BCUT2D eigenvalue weighted by molar-refractivity contribution is 0.104. The van der Waals surface area contributed by atoms with Gasteiger partial charge in [-0.05, 0) is 29.8 Å². The van der Waals surface area contributed by atoms with E-state index in [1.165, 1.54) is 17.4 Å². The molecule has 3 rings (SSSR count). The summed E-state index contributed by atoms with van der Waals surface area (Å²) < 4.78 is 0. The average molecular weight is 280 g/mol. The fraction of sp³-hybridized carbons (Fsp3) is 0. The second kappa shape index (κ2) is 5.31. The van der Waals surface area contributed by atoms with Crippen LogP contribution in [0.25, 0.3) is 10.4 Å². The third-order valence-corrected chi connectivity index (χ3v) is 4.17. The molecule has 3 aromatic rings. The van der Waals surface area contributed by atoms with Crippen LogP contribution in [0.3, 0.4) is 0 Å². The van der Waals surface area contributed by atoms with Crippen LogP contribution in [-0.2, 0) is 0 Å². The Morgan fingerprint density at radius 2 is 1.55 bits per heavy atom. The normalized spacial score (nSPS) is 10.4. The Balaban J connectivity index is 1.95. The highest BCUT2D eigenvalue weighted by Gasteiger charge is 2.15. The van der Waals surface area contributed by atoms with Gasteiger partial charge in [0.2, 0.25) is 5.78 Å². The number of thiophene rings is 1. The van der Waals surface area contributed by atoms with Gasteiger partial charge in [0.15, 0.2) is 0 Å². The van der Waals surface area contributed by atoms with Crippen molar-refractivity contribution in [3.05, 3.63) is 77.2 Å². The first kappa shape index (κ1) is 12.6. The van der Waals surface area contributed by atoms with E-state index in [0.717, 1.165) is 10.4 Å². The molecule has 0 amide bonds. The highest BCUT2D eigenvalue weighted by molar-refractivity contribution is 7.17. The number of ketones is 1. The van der Waals surface area contributed by atoms with Crippen LogP contribution >= 0.6 is 11.3 Å². The minimum Gasteiger partial charge on any atom is -0.507 e. The van der Waals surface area contributed by atoms with Gasteiger partial charge in [0.1, 0.15) is 5.75 Å². The number of carbonyl (C=O) groups excluding carboxylic acids is 1. The maximum atomic E-state index is 12.4. The lowest BCUT2D eigenvalue weighted by Crippen LogP contribution is -1.98. The predicted octanol–water partition coefficient (Wildman–Crippen LogP) is 4.35. The zero-order valence-corrected chi connectivity index (χ0v) is 11.4. The van der Waals surface area contributed by atoms with Crippen molar-refractivity contribution in [2.75, 3.05) is 0 Å². The molecule has 1 heterocycles. The van der Waals surface area contributed by atoms with E-state index >= 15 is 0 Å². The molecule has 0 aliphatic rings. The Morgan fingerprint density at radius 3 is 2.30 bits per heavy atom. The maximum Gasteiger partial charge on any atom is 0.206 e. The molecule has 0 aliphatic carbocycles.